The van der Waals surface area contributed by atoms with Gasteiger partial charge in [-0.2, -0.15) is 0 Å². The molecule has 0 saturated carbocycles. The predicted octanol–water partition coefficient (Wildman–Crippen LogP) is 4.54. The third-order valence-electron chi connectivity index (χ3n) is 4.10. The van der Waals surface area contributed by atoms with E-state index in [1.807, 2.05) is 13.8 Å². The van der Waals surface area contributed by atoms with Crippen LogP contribution in [-0.4, -0.2) is 28.1 Å². The van der Waals surface area contributed by atoms with Gasteiger partial charge in [-0.3, -0.25) is 9.78 Å². The van der Waals surface area contributed by atoms with E-state index in [0.717, 1.165) is 0 Å². The van der Waals surface area contributed by atoms with Crippen LogP contribution in [-0.2, 0) is 6.61 Å². The van der Waals surface area contributed by atoms with Crippen LogP contribution in [0.25, 0.3) is 0 Å². The van der Waals surface area contributed by atoms with Crippen molar-refractivity contribution in [1.82, 2.24) is 4.98 Å². The molecule has 1 amide bonds. The van der Waals surface area contributed by atoms with Crippen molar-refractivity contribution in [2.75, 3.05) is 5.32 Å². The molecule has 0 atom stereocenters. The molecule has 2 aromatic carbocycles. The molecule has 8 heteroatoms. The molecule has 160 valence electrons. The van der Waals surface area contributed by atoms with Crippen LogP contribution in [0.1, 0.15) is 40.1 Å². The summed E-state index contributed by atoms with van der Waals surface area (Å²) in [5, 5.41) is 11.7. The number of nitrogens with zero attached hydrogens (tertiary/aromatic N) is 1. The van der Waals surface area contributed by atoms with Crippen molar-refractivity contribution in [3.8, 4) is 11.5 Å². The summed E-state index contributed by atoms with van der Waals surface area (Å²) in [6.45, 7) is 3.78. The summed E-state index contributed by atoms with van der Waals surface area (Å²) in [7, 11) is 0. The van der Waals surface area contributed by atoms with E-state index in [1.165, 1.54) is 36.7 Å². The van der Waals surface area contributed by atoms with Crippen LogP contribution in [0.5, 0.6) is 11.5 Å². The smallest absolute Gasteiger partial charge is 0.337 e. The van der Waals surface area contributed by atoms with Gasteiger partial charge in [0.2, 0.25) is 0 Å². The summed E-state index contributed by atoms with van der Waals surface area (Å²) < 4.78 is 24.8. The molecule has 0 saturated heterocycles. The maximum atomic E-state index is 13.4. The minimum atomic E-state index is -1.15. The van der Waals surface area contributed by atoms with E-state index >= 15 is 0 Å². The van der Waals surface area contributed by atoms with Gasteiger partial charge in [0.1, 0.15) is 23.9 Å². The quantitative estimate of drug-likeness (QED) is 0.551. The summed E-state index contributed by atoms with van der Waals surface area (Å²) >= 11 is 0. The Balaban J connectivity index is 1.83. The third kappa shape index (κ3) is 6.02. The highest BCUT2D eigenvalue weighted by molar-refractivity contribution is 6.06. The summed E-state index contributed by atoms with van der Waals surface area (Å²) in [5.41, 5.74) is 1.02. The Hall–Kier alpha value is -3.94. The van der Waals surface area contributed by atoms with Crippen molar-refractivity contribution in [3.63, 3.8) is 0 Å². The first-order valence-corrected chi connectivity index (χ1v) is 9.49. The third-order valence-corrected chi connectivity index (χ3v) is 4.10. The van der Waals surface area contributed by atoms with Crippen molar-refractivity contribution >= 4 is 17.6 Å². The zero-order chi connectivity index (χ0) is 22.4. The van der Waals surface area contributed by atoms with Crippen molar-refractivity contribution in [1.29, 1.82) is 0 Å². The van der Waals surface area contributed by atoms with Crippen molar-refractivity contribution in [2.45, 2.75) is 26.6 Å². The Morgan fingerprint density at radius 3 is 2.65 bits per heavy atom. The van der Waals surface area contributed by atoms with Gasteiger partial charge in [-0.05, 0) is 55.8 Å². The lowest BCUT2D eigenvalue weighted by Gasteiger charge is -2.16. The monoisotopic (exact) mass is 424 g/mol. The Labute approximate surface area is 178 Å². The standard InChI is InChI=1S/C23H21FN2O5/c1-14(2)31-21-7-6-19(30-13-15-4-3-5-17(24)8-15)10-20(21)22(27)26-18-9-16(23(28)29)11-25-12-18/h3-12,14H,13H2,1-2H3,(H,26,27)(H,28,29). The number of carbonyl (C=O) groups excluding carboxylic acids is 1. The summed E-state index contributed by atoms with van der Waals surface area (Å²) in [6, 6.07) is 12.1. The van der Waals surface area contributed by atoms with Crippen LogP contribution >= 0.6 is 0 Å². The normalized spacial score (nSPS) is 10.6. The lowest BCUT2D eigenvalue weighted by molar-refractivity contribution is 0.0696. The number of anilines is 1. The minimum absolute atomic E-state index is 0.0522. The number of carboxylic acid groups (broad SMARTS) is 1. The summed E-state index contributed by atoms with van der Waals surface area (Å²) in [6.07, 6.45) is 2.35. The fourth-order valence-corrected chi connectivity index (χ4v) is 2.75. The summed E-state index contributed by atoms with van der Waals surface area (Å²) in [4.78, 5) is 27.9. The van der Waals surface area contributed by atoms with Crippen LogP contribution in [0.3, 0.4) is 0 Å². The van der Waals surface area contributed by atoms with Crippen LogP contribution in [0.2, 0.25) is 0 Å². The molecule has 0 aliphatic rings. The number of hydrogen-bond donors (Lipinski definition) is 2. The van der Waals surface area contributed by atoms with Gasteiger partial charge in [-0.1, -0.05) is 12.1 Å². The molecule has 1 aromatic heterocycles. The SMILES string of the molecule is CC(C)Oc1ccc(OCc2cccc(F)c2)cc1C(=O)Nc1cncc(C(=O)O)c1. The molecule has 0 radical (unpaired) electrons. The molecule has 0 unspecified atom stereocenters. The summed E-state index contributed by atoms with van der Waals surface area (Å²) in [5.74, 6) is -1.30. The van der Waals surface area contributed by atoms with Crippen LogP contribution in [0.15, 0.2) is 60.9 Å². The average Bonchev–Trinajstić information content (AvgIpc) is 2.73. The molecule has 3 aromatic rings. The van der Waals surface area contributed by atoms with Gasteiger partial charge in [-0.25, -0.2) is 9.18 Å². The number of aromatic carboxylic acids is 1. The van der Waals surface area contributed by atoms with Crippen LogP contribution < -0.4 is 14.8 Å². The number of pyridine rings is 1. The Bertz CT molecular complexity index is 1100. The molecule has 31 heavy (non-hydrogen) atoms. The Kier molecular flexibility index (Phi) is 6.81. The highest BCUT2D eigenvalue weighted by atomic mass is 19.1. The number of carboxylic acids is 1. The first-order chi connectivity index (χ1) is 14.8. The molecular weight excluding hydrogens is 403 g/mol. The zero-order valence-electron chi connectivity index (χ0n) is 17.0. The molecule has 7 nitrogen and oxygen atoms in total. The van der Waals surface area contributed by atoms with Crippen LogP contribution in [0.4, 0.5) is 10.1 Å². The minimum Gasteiger partial charge on any atom is -0.490 e. The maximum Gasteiger partial charge on any atom is 0.337 e. The fraction of sp³-hybridized carbons (Fsp3) is 0.174. The average molecular weight is 424 g/mol. The van der Waals surface area contributed by atoms with Gasteiger partial charge in [0.25, 0.3) is 5.91 Å². The number of halogens is 1. The van der Waals surface area contributed by atoms with Gasteiger partial charge in [0.05, 0.1) is 29.1 Å². The fourth-order valence-electron chi connectivity index (χ4n) is 2.75. The second kappa shape index (κ2) is 9.71. The van der Waals surface area contributed by atoms with Gasteiger partial charge >= 0.3 is 5.97 Å². The van der Waals surface area contributed by atoms with Crippen molar-refractivity contribution in [3.05, 3.63) is 83.4 Å². The first-order valence-electron chi connectivity index (χ1n) is 9.49. The predicted molar refractivity (Wildman–Crippen MR) is 112 cm³/mol. The first kappa shape index (κ1) is 21.8. The van der Waals surface area contributed by atoms with Gasteiger partial charge in [0, 0.05) is 6.20 Å². The van der Waals surface area contributed by atoms with Crippen molar-refractivity contribution in [2.24, 2.45) is 0 Å². The van der Waals surface area contributed by atoms with E-state index in [9.17, 15) is 14.0 Å². The number of rotatable bonds is 8. The highest BCUT2D eigenvalue weighted by Crippen LogP contribution is 2.27. The van der Waals surface area contributed by atoms with E-state index < -0.39 is 11.9 Å². The van der Waals surface area contributed by atoms with Crippen molar-refractivity contribution < 1.29 is 28.6 Å². The largest absolute Gasteiger partial charge is 0.490 e. The molecule has 0 spiro atoms. The maximum absolute atomic E-state index is 13.4. The second-order valence-corrected chi connectivity index (χ2v) is 6.96. The Morgan fingerprint density at radius 1 is 1.13 bits per heavy atom. The number of nitrogens with one attached hydrogen (secondary N) is 1. The zero-order valence-corrected chi connectivity index (χ0v) is 17.0. The lowest BCUT2D eigenvalue weighted by atomic mass is 10.1. The van der Waals surface area contributed by atoms with Gasteiger partial charge in [0.15, 0.2) is 0 Å². The molecule has 2 N–H and O–H groups in total. The number of ether oxygens (including phenoxy) is 2. The number of hydrogen-bond acceptors (Lipinski definition) is 5. The van der Waals surface area contributed by atoms with Crippen LogP contribution in [0, 0.1) is 5.82 Å². The molecule has 3 rings (SSSR count). The van der Waals surface area contributed by atoms with E-state index in [2.05, 4.69) is 10.3 Å². The molecule has 0 aliphatic heterocycles. The van der Waals surface area contributed by atoms with E-state index in [1.54, 1.807) is 24.3 Å². The number of amides is 1. The Morgan fingerprint density at radius 2 is 1.94 bits per heavy atom. The van der Waals surface area contributed by atoms with E-state index in [0.29, 0.717) is 17.1 Å². The number of aromatic nitrogens is 1. The highest BCUT2D eigenvalue weighted by Gasteiger charge is 2.17. The van der Waals surface area contributed by atoms with Gasteiger partial charge < -0.3 is 19.9 Å². The molecule has 0 aliphatic carbocycles. The van der Waals surface area contributed by atoms with E-state index in [-0.39, 0.29) is 35.3 Å². The number of benzene rings is 2. The van der Waals surface area contributed by atoms with E-state index in [4.69, 9.17) is 14.6 Å². The molecule has 0 fully saturated rings. The number of carbonyl (C=O) groups is 2. The lowest BCUT2D eigenvalue weighted by Crippen LogP contribution is -2.16. The second-order valence-electron chi connectivity index (χ2n) is 6.96. The molecule has 0 bridgehead atoms. The molecular formula is C23H21FN2O5. The topological polar surface area (TPSA) is 97.8 Å². The molecule has 1 heterocycles. The van der Waals surface area contributed by atoms with Gasteiger partial charge in [-0.15, -0.1) is 0 Å².